The Balaban J connectivity index is 0.000000321. The molecule has 0 aliphatic carbocycles. The number of morpholine rings is 1. The number of benzene rings is 1. The van der Waals surface area contributed by atoms with E-state index in [-0.39, 0.29) is 6.10 Å². The molecule has 2 aliphatic rings. The van der Waals surface area contributed by atoms with Crippen LogP contribution in [-0.2, 0) is 14.3 Å². The summed E-state index contributed by atoms with van der Waals surface area (Å²) >= 11 is 0. The number of likely N-dealkylation sites (N-methyl/N-ethyl adjacent to an activating group) is 1. The molecular weight excluding hydrogens is 372 g/mol. The van der Waals surface area contributed by atoms with E-state index in [1.54, 1.807) is 0 Å². The molecule has 1 atom stereocenters. The van der Waals surface area contributed by atoms with Crippen LogP contribution in [0, 0.1) is 0 Å². The molecule has 0 aromatic heterocycles. The summed E-state index contributed by atoms with van der Waals surface area (Å²) in [5, 5.41) is 3.22. The van der Waals surface area contributed by atoms with Crippen LogP contribution in [0.4, 0.5) is 0 Å². The third kappa shape index (κ3) is 10.3. The summed E-state index contributed by atoms with van der Waals surface area (Å²) in [6.45, 7) is 12.7. The largest absolute Gasteiger partial charge is 0.498 e. The topological polar surface area (TPSA) is 69.3 Å². The highest BCUT2D eigenvalue weighted by Crippen LogP contribution is 2.26. The van der Waals surface area contributed by atoms with Gasteiger partial charge in [-0.15, -0.1) is 0 Å². The molecule has 1 saturated heterocycles. The van der Waals surface area contributed by atoms with Gasteiger partial charge in [0.15, 0.2) is 11.5 Å². The van der Waals surface area contributed by atoms with Crippen molar-refractivity contribution in [2.24, 2.45) is 0 Å². The van der Waals surface area contributed by atoms with Gasteiger partial charge in [-0.1, -0.05) is 12.1 Å². The number of nitrogens with one attached hydrogen (secondary N) is 1. The second-order valence-electron chi connectivity index (χ2n) is 6.50. The van der Waals surface area contributed by atoms with Crippen molar-refractivity contribution in [1.29, 1.82) is 0 Å². The summed E-state index contributed by atoms with van der Waals surface area (Å²) in [5.74, 6) is 2.73. The zero-order valence-electron chi connectivity index (χ0n) is 18.0. The molecule has 1 N–H and O–H groups in total. The van der Waals surface area contributed by atoms with Crippen LogP contribution in [0.2, 0.25) is 0 Å². The minimum Gasteiger partial charge on any atom is -0.498 e. The van der Waals surface area contributed by atoms with Gasteiger partial charge in [0.05, 0.1) is 25.6 Å². The van der Waals surface area contributed by atoms with Gasteiger partial charge in [0.25, 0.3) is 0 Å². The average Bonchev–Trinajstić information content (AvgIpc) is 2.76. The van der Waals surface area contributed by atoms with Crippen LogP contribution in [0.3, 0.4) is 0 Å². The molecule has 7 heteroatoms. The van der Waals surface area contributed by atoms with E-state index in [9.17, 15) is 0 Å². The molecule has 0 saturated carbocycles. The van der Waals surface area contributed by atoms with Gasteiger partial charge < -0.3 is 34.0 Å². The highest BCUT2D eigenvalue weighted by molar-refractivity contribution is 5.39. The molecule has 2 heterocycles. The number of rotatable bonds is 7. The maximum atomic E-state index is 8.00. The number of hydrogen-bond donors (Lipinski definition) is 1. The second-order valence-corrected chi connectivity index (χ2v) is 6.50. The van der Waals surface area contributed by atoms with Crippen LogP contribution < -0.4 is 14.8 Å². The number of carbonyl (C=O) groups is 1. The molecule has 2 aliphatic heterocycles. The van der Waals surface area contributed by atoms with Crippen LogP contribution >= 0.6 is 0 Å². The molecule has 0 spiro atoms. The molecule has 1 unspecified atom stereocenters. The number of hydrogen-bond acceptors (Lipinski definition) is 7. The summed E-state index contributed by atoms with van der Waals surface area (Å²) in [6.07, 6.45) is 3.29. The molecule has 0 radical (unpaired) electrons. The van der Waals surface area contributed by atoms with Crippen molar-refractivity contribution in [1.82, 2.24) is 10.2 Å². The van der Waals surface area contributed by atoms with Crippen LogP contribution in [-0.4, -0.2) is 77.4 Å². The van der Waals surface area contributed by atoms with E-state index in [1.807, 2.05) is 44.9 Å². The van der Waals surface area contributed by atoms with E-state index in [0.717, 1.165) is 63.1 Å². The molecule has 29 heavy (non-hydrogen) atoms. The monoisotopic (exact) mass is 408 g/mol. The van der Waals surface area contributed by atoms with Crippen LogP contribution in [0.5, 0.6) is 11.5 Å². The van der Waals surface area contributed by atoms with Gasteiger partial charge in [-0.2, -0.15) is 0 Å². The fourth-order valence-corrected chi connectivity index (χ4v) is 2.91. The fourth-order valence-electron chi connectivity index (χ4n) is 2.91. The third-order valence-corrected chi connectivity index (χ3v) is 4.27. The lowest BCUT2D eigenvalue weighted by Crippen LogP contribution is -2.42. The van der Waals surface area contributed by atoms with Gasteiger partial charge in [-0.25, -0.2) is 0 Å². The van der Waals surface area contributed by atoms with Gasteiger partial charge in [0.2, 0.25) is 0 Å². The Labute approximate surface area is 175 Å². The summed E-state index contributed by atoms with van der Waals surface area (Å²) in [7, 11) is 2.10. The molecule has 7 nitrogen and oxygen atoms in total. The molecule has 164 valence electrons. The van der Waals surface area contributed by atoms with Crippen LogP contribution in [0.1, 0.15) is 20.3 Å². The van der Waals surface area contributed by atoms with Crippen molar-refractivity contribution < 1.29 is 23.7 Å². The molecular formula is C22H36N2O5. The van der Waals surface area contributed by atoms with Crippen molar-refractivity contribution in [3.8, 4) is 11.5 Å². The minimum atomic E-state index is 0.137. The first kappa shape index (κ1) is 24.9. The van der Waals surface area contributed by atoms with Crippen molar-refractivity contribution in [2.45, 2.75) is 26.4 Å². The Hall–Kier alpha value is -2.09. The number of carbonyl (C=O) groups excluding carboxylic acids is 1. The number of para-hydroxylation sites is 2. The van der Waals surface area contributed by atoms with Crippen molar-refractivity contribution in [3.63, 3.8) is 0 Å². The van der Waals surface area contributed by atoms with Gasteiger partial charge in [0, 0.05) is 32.6 Å². The summed E-state index contributed by atoms with van der Waals surface area (Å²) in [5.41, 5.74) is 0. The number of ether oxygens (including phenoxy) is 4. The van der Waals surface area contributed by atoms with Crippen LogP contribution in [0.15, 0.2) is 36.1 Å². The summed E-state index contributed by atoms with van der Waals surface area (Å²) < 4.78 is 22.3. The van der Waals surface area contributed by atoms with Gasteiger partial charge in [-0.3, -0.25) is 0 Å². The van der Waals surface area contributed by atoms with Crippen molar-refractivity contribution >= 4 is 6.79 Å². The Morgan fingerprint density at radius 1 is 1.14 bits per heavy atom. The van der Waals surface area contributed by atoms with E-state index < -0.39 is 0 Å². The average molecular weight is 409 g/mol. The predicted octanol–water partition coefficient (Wildman–Crippen LogP) is 2.51. The highest BCUT2D eigenvalue weighted by Gasteiger charge is 2.18. The van der Waals surface area contributed by atoms with E-state index in [1.165, 1.54) is 0 Å². The Bertz CT molecular complexity index is 582. The highest BCUT2D eigenvalue weighted by atomic mass is 16.5. The lowest BCUT2D eigenvalue weighted by molar-refractivity contribution is -0.0980. The van der Waals surface area contributed by atoms with E-state index >= 15 is 0 Å². The first-order chi connectivity index (χ1) is 14.2. The molecule has 0 amide bonds. The Morgan fingerprint density at radius 2 is 1.83 bits per heavy atom. The Morgan fingerprint density at radius 3 is 2.41 bits per heavy atom. The number of nitrogens with zero attached hydrogens (tertiary/aromatic N) is 1. The summed E-state index contributed by atoms with van der Waals surface area (Å²) in [6, 6.07) is 7.75. The zero-order chi connectivity index (χ0) is 21.3. The maximum absolute atomic E-state index is 8.00. The molecule has 0 bridgehead atoms. The quantitative estimate of drug-likeness (QED) is 0.743. The SMILES string of the molecule is C=O.CCOC1=CCNCC1.CCOc1ccccc1OCC1CN(C)CCO1. The predicted molar refractivity (Wildman–Crippen MR) is 115 cm³/mol. The van der Waals surface area contributed by atoms with Gasteiger partial charge in [-0.05, 0) is 39.1 Å². The zero-order valence-corrected chi connectivity index (χ0v) is 18.0. The third-order valence-electron chi connectivity index (χ3n) is 4.27. The first-order valence-corrected chi connectivity index (χ1v) is 10.2. The molecule has 1 aromatic carbocycles. The smallest absolute Gasteiger partial charge is 0.161 e. The van der Waals surface area contributed by atoms with Crippen LogP contribution in [0.25, 0.3) is 0 Å². The Kier molecular flexibility index (Phi) is 13.6. The normalized spacial score (nSPS) is 18.9. The lowest BCUT2D eigenvalue weighted by atomic mass is 10.2. The minimum absolute atomic E-state index is 0.137. The van der Waals surface area contributed by atoms with Crippen molar-refractivity contribution in [2.75, 3.05) is 59.7 Å². The first-order valence-electron chi connectivity index (χ1n) is 10.2. The summed E-state index contributed by atoms with van der Waals surface area (Å²) in [4.78, 5) is 10.3. The van der Waals surface area contributed by atoms with Crippen molar-refractivity contribution in [3.05, 3.63) is 36.1 Å². The second kappa shape index (κ2) is 15.8. The molecule has 3 rings (SSSR count). The molecule has 1 fully saturated rings. The van der Waals surface area contributed by atoms with Gasteiger partial charge in [0.1, 0.15) is 19.5 Å². The maximum Gasteiger partial charge on any atom is 0.161 e. The lowest BCUT2D eigenvalue weighted by Gasteiger charge is -2.29. The fraction of sp³-hybridized carbons (Fsp3) is 0.591. The van der Waals surface area contributed by atoms with E-state index in [4.69, 9.17) is 23.7 Å². The van der Waals surface area contributed by atoms with E-state index in [2.05, 4.69) is 23.3 Å². The molecule has 1 aromatic rings. The van der Waals surface area contributed by atoms with E-state index in [0.29, 0.717) is 13.2 Å². The standard InChI is InChI=1S/C14H21NO3.C7H13NO.CH2O/c1-3-16-13-6-4-5-7-14(13)18-11-12-10-15(2)8-9-17-12;1-2-9-7-3-5-8-6-4-7;1-2/h4-7,12H,3,8-11H2,1-2H3;3,8H,2,4-6H2,1H3;1H2. The van der Waals surface area contributed by atoms with Gasteiger partial charge >= 0.3 is 0 Å².